The van der Waals surface area contributed by atoms with Crippen LogP contribution >= 0.6 is 0 Å². The van der Waals surface area contributed by atoms with Crippen LogP contribution in [0.3, 0.4) is 0 Å². The van der Waals surface area contributed by atoms with Crippen molar-refractivity contribution < 1.29 is 8.42 Å². The summed E-state index contributed by atoms with van der Waals surface area (Å²) in [6.45, 7) is 7.13. The fourth-order valence-corrected chi connectivity index (χ4v) is 2.74. The molecule has 108 valence electrons. The summed E-state index contributed by atoms with van der Waals surface area (Å²) in [5, 5.41) is 3.35. The second-order valence-electron chi connectivity index (χ2n) is 4.37. The van der Waals surface area contributed by atoms with Gasteiger partial charge < -0.3 is 5.32 Å². The second kappa shape index (κ2) is 7.47. The van der Waals surface area contributed by atoms with Crippen LogP contribution < -0.4 is 14.8 Å². The van der Waals surface area contributed by atoms with Crippen molar-refractivity contribution in [1.29, 1.82) is 0 Å². The first-order valence-electron chi connectivity index (χ1n) is 6.59. The Kier molecular flexibility index (Phi) is 6.27. The minimum Gasteiger partial charge on any atom is -0.310 e. The van der Waals surface area contributed by atoms with Crippen LogP contribution in [0.4, 0.5) is 5.69 Å². The molecule has 0 heterocycles. The second-order valence-corrected chi connectivity index (χ2v) is 5.87. The van der Waals surface area contributed by atoms with Gasteiger partial charge in [0.05, 0.1) is 5.69 Å². The lowest BCUT2D eigenvalue weighted by Gasteiger charge is -2.18. The summed E-state index contributed by atoms with van der Waals surface area (Å²) in [6, 6.07) is 7.52. The topological polar surface area (TPSA) is 70.2 Å². The van der Waals surface area contributed by atoms with E-state index < -0.39 is 10.2 Å². The van der Waals surface area contributed by atoms with E-state index in [1.165, 1.54) is 0 Å². The van der Waals surface area contributed by atoms with Crippen LogP contribution in [0.1, 0.15) is 38.8 Å². The van der Waals surface area contributed by atoms with E-state index in [0.717, 1.165) is 18.5 Å². The van der Waals surface area contributed by atoms with Gasteiger partial charge in [-0.1, -0.05) is 32.0 Å². The van der Waals surface area contributed by atoms with E-state index in [1.54, 1.807) is 13.0 Å². The molecule has 0 aliphatic rings. The van der Waals surface area contributed by atoms with Crippen molar-refractivity contribution in [2.45, 2.75) is 33.2 Å². The van der Waals surface area contributed by atoms with Gasteiger partial charge in [0.2, 0.25) is 0 Å². The molecule has 5 nitrogen and oxygen atoms in total. The third-order valence-electron chi connectivity index (χ3n) is 2.71. The van der Waals surface area contributed by atoms with Gasteiger partial charge in [0.1, 0.15) is 0 Å². The quantitative estimate of drug-likeness (QED) is 0.684. The van der Waals surface area contributed by atoms with Crippen molar-refractivity contribution >= 4 is 15.9 Å². The number of benzene rings is 1. The van der Waals surface area contributed by atoms with Crippen molar-refractivity contribution in [1.82, 2.24) is 10.0 Å². The Balaban J connectivity index is 2.90. The maximum Gasteiger partial charge on any atom is 0.299 e. The Morgan fingerprint density at radius 1 is 1.21 bits per heavy atom. The van der Waals surface area contributed by atoms with E-state index in [4.69, 9.17) is 0 Å². The highest BCUT2D eigenvalue weighted by atomic mass is 32.2. The van der Waals surface area contributed by atoms with Crippen molar-refractivity contribution in [2.24, 2.45) is 0 Å². The molecule has 0 aliphatic carbocycles. The summed E-state index contributed by atoms with van der Waals surface area (Å²) in [5.41, 5.74) is 1.55. The van der Waals surface area contributed by atoms with Gasteiger partial charge in [-0.15, -0.1) is 0 Å². The Morgan fingerprint density at radius 3 is 2.53 bits per heavy atom. The van der Waals surface area contributed by atoms with E-state index >= 15 is 0 Å². The third-order valence-corrected chi connectivity index (χ3v) is 3.86. The molecule has 0 aliphatic heterocycles. The van der Waals surface area contributed by atoms with Crippen molar-refractivity contribution in [3.63, 3.8) is 0 Å². The number of hydrogen-bond donors (Lipinski definition) is 3. The molecule has 0 saturated heterocycles. The molecular formula is C13H23N3O2S. The molecule has 3 N–H and O–H groups in total. The summed E-state index contributed by atoms with van der Waals surface area (Å²) in [4.78, 5) is 0. The number of rotatable bonds is 8. The fourth-order valence-electron chi connectivity index (χ4n) is 1.81. The van der Waals surface area contributed by atoms with Crippen molar-refractivity contribution in [3.05, 3.63) is 29.8 Å². The molecule has 19 heavy (non-hydrogen) atoms. The Morgan fingerprint density at radius 2 is 1.89 bits per heavy atom. The lowest BCUT2D eigenvalue weighted by Crippen LogP contribution is -2.30. The van der Waals surface area contributed by atoms with E-state index in [-0.39, 0.29) is 6.04 Å². The molecule has 1 rings (SSSR count). The standard InChI is InChI=1S/C13H23N3O2S/c1-4-10-14-11(3)12-8-6-7-9-13(12)16-19(17,18)15-5-2/h6-9,11,14-16H,4-5,10H2,1-3H3. The van der Waals surface area contributed by atoms with Crippen LogP contribution in [0.15, 0.2) is 24.3 Å². The first-order chi connectivity index (χ1) is 9.00. The van der Waals surface area contributed by atoms with Crippen LogP contribution in [0.25, 0.3) is 0 Å². The maximum atomic E-state index is 11.7. The van der Waals surface area contributed by atoms with Crippen LogP contribution in [0, 0.1) is 0 Å². The molecule has 0 fully saturated rings. The normalized spacial score (nSPS) is 13.2. The van der Waals surface area contributed by atoms with Gasteiger partial charge in [0.25, 0.3) is 10.2 Å². The largest absolute Gasteiger partial charge is 0.310 e. The van der Waals surface area contributed by atoms with E-state index in [9.17, 15) is 8.42 Å². The van der Waals surface area contributed by atoms with Gasteiger partial charge in [0, 0.05) is 12.6 Å². The summed E-state index contributed by atoms with van der Waals surface area (Å²) >= 11 is 0. The molecule has 0 radical (unpaired) electrons. The van der Waals surface area contributed by atoms with Gasteiger partial charge in [-0.3, -0.25) is 4.72 Å². The lowest BCUT2D eigenvalue weighted by molar-refractivity contribution is 0.571. The van der Waals surface area contributed by atoms with Crippen molar-refractivity contribution in [3.8, 4) is 0 Å². The highest BCUT2D eigenvalue weighted by Crippen LogP contribution is 2.23. The zero-order valence-electron chi connectivity index (χ0n) is 11.7. The molecule has 1 atom stereocenters. The average Bonchev–Trinajstić information content (AvgIpc) is 2.36. The van der Waals surface area contributed by atoms with Gasteiger partial charge >= 0.3 is 0 Å². The molecule has 6 heteroatoms. The highest BCUT2D eigenvalue weighted by Gasteiger charge is 2.14. The molecule has 0 saturated carbocycles. The minimum atomic E-state index is -3.49. The number of nitrogens with one attached hydrogen (secondary N) is 3. The zero-order valence-corrected chi connectivity index (χ0v) is 12.5. The van der Waals surface area contributed by atoms with Crippen LogP contribution in [-0.4, -0.2) is 21.5 Å². The van der Waals surface area contributed by atoms with Crippen LogP contribution in [0.5, 0.6) is 0 Å². The molecule has 1 aromatic rings. The summed E-state index contributed by atoms with van der Waals surface area (Å²) < 4.78 is 28.5. The maximum absolute atomic E-state index is 11.7. The summed E-state index contributed by atoms with van der Waals surface area (Å²) in [5.74, 6) is 0. The fraction of sp³-hybridized carbons (Fsp3) is 0.538. The van der Waals surface area contributed by atoms with Gasteiger partial charge in [0.15, 0.2) is 0 Å². The van der Waals surface area contributed by atoms with E-state index in [1.807, 2.05) is 25.1 Å². The molecule has 1 unspecified atom stereocenters. The summed E-state index contributed by atoms with van der Waals surface area (Å²) in [7, 11) is -3.49. The molecule has 0 amide bonds. The van der Waals surface area contributed by atoms with E-state index in [2.05, 4.69) is 21.7 Å². The van der Waals surface area contributed by atoms with Gasteiger partial charge in [-0.2, -0.15) is 13.1 Å². The molecule has 0 spiro atoms. The zero-order chi connectivity index (χ0) is 14.3. The smallest absolute Gasteiger partial charge is 0.299 e. The van der Waals surface area contributed by atoms with Gasteiger partial charge in [-0.05, 0) is 31.5 Å². The molecular weight excluding hydrogens is 262 g/mol. The number of anilines is 1. The van der Waals surface area contributed by atoms with E-state index in [0.29, 0.717) is 12.2 Å². The number of para-hydroxylation sites is 1. The first kappa shape index (κ1) is 15.9. The molecule has 0 bridgehead atoms. The van der Waals surface area contributed by atoms with Crippen LogP contribution in [0.2, 0.25) is 0 Å². The molecule has 0 aromatic heterocycles. The van der Waals surface area contributed by atoms with Crippen LogP contribution in [-0.2, 0) is 10.2 Å². The predicted molar refractivity (Wildman–Crippen MR) is 79.4 cm³/mol. The Labute approximate surface area is 116 Å². The Hall–Kier alpha value is -1.11. The molecule has 1 aromatic carbocycles. The van der Waals surface area contributed by atoms with Gasteiger partial charge in [-0.25, -0.2) is 0 Å². The summed E-state index contributed by atoms with van der Waals surface area (Å²) in [6.07, 6.45) is 1.04. The number of hydrogen-bond acceptors (Lipinski definition) is 3. The highest BCUT2D eigenvalue weighted by molar-refractivity contribution is 7.90. The lowest BCUT2D eigenvalue weighted by atomic mass is 10.1. The first-order valence-corrected chi connectivity index (χ1v) is 8.08. The third kappa shape index (κ3) is 5.18. The minimum absolute atomic E-state index is 0.0977. The van der Waals surface area contributed by atoms with Crippen molar-refractivity contribution in [2.75, 3.05) is 17.8 Å². The SMILES string of the molecule is CCCNC(C)c1ccccc1NS(=O)(=O)NCC. The average molecular weight is 285 g/mol. The monoisotopic (exact) mass is 285 g/mol. The predicted octanol–water partition coefficient (Wildman–Crippen LogP) is 2.01. The Bertz CT molecular complexity index is 488.